The average molecular weight is 591 g/mol. The lowest BCUT2D eigenvalue weighted by atomic mass is 10.1. The number of ether oxygens (including phenoxy) is 2. The first-order valence-electron chi connectivity index (χ1n) is 12.8. The number of likely N-dealkylation sites (N-methyl/N-ethyl adjacent to an activating group) is 1. The first-order valence-corrected chi connectivity index (χ1v) is 13.6. The summed E-state index contributed by atoms with van der Waals surface area (Å²) in [5.74, 6) is 0.664. The summed E-state index contributed by atoms with van der Waals surface area (Å²) in [5.41, 5.74) is 3.36. The topological polar surface area (TPSA) is 99.5 Å². The summed E-state index contributed by atoms with van der Waals surface area (Å²) in [5, 5.41) is 17.7. The van der Waals surface area contributed by atoms with Crippen LogP contribution < -0.4 is 20.1 Å². The first kappa shape index (κ1) is 29.7. The molecular formula is C31H29Cl2N5O3. The zero-order valence-electron chi connectivity index (χ0n) is 22.9. The van der Waals surface area contributed by atoms with Crippen molar-refractivity contribution in [3.8, 4) is 17.6 Å². The summed E-state index contributed by atoms with van der Waals surface area (Å²) in [6.45, 7) is 3.15. The number of anilines is 3. The molecule has 0 fully saturated rings. The molecule has 0 aliphatic rings. The van der Waals surface area contributed by atoms with Crippen molar-refractivity contribution in [2.75, 3.05) is 37.9 Å². The van der Waals surface area contributed by atoms with Crippen molar-refractivity contribution >= 4 is 57.1 Å². The molecule has 41 heavy (non-hydrogen) atoms. The number of carbonyl (C=O) groups excluding carboxylic acids is 1. The van der Waals surface area contributed by atoms with Gasteiger partial charge in [0, 0.05) is 46.5 Å². The summed E-state index contributed by atoms with van der Waals surface area (Å²) >= 11 is 12.8. The van der Waals surface area contributed by atoms with Crippen LogP contribution in [0.15, 0.2) is 72.9 Å². The molecule has 0 saturated heterocycles. The maximum atomic E-state index is 12.6. The fraction of sp³-hybridized carbons (Fsp3) is 0.194. The van der Waals surface area contributed by atoms with Gasteiger partial charge in [0.05, 0.1) is 34.1 Å². The van der Waals surface area contributed by atoms with Gasteiger partial charge in [-0.25, -0.2) is 0 Å². The lowest BCUT2D eigenvalue weighted by Crippen LogP contribution is -2.13. The molecule has 3 aromatic carbocycles. The number of nitriles is 1. The van der Waals surface area contributed by atoms with E-state index in [4.69, 9.17) is 32.7 Å². The Balaban J connectivity index is 1.64. The van der Waals surface area contributed by atoms with Crippen LogP contribution in [0.2, 0.25) is 10.0 Å². The van der Waals surface area contributed by atoms with Gasteiger partial charge in [0.25, 0.3) is 0 Å². The summed E-state index contributed by atoms with van der Waals surface area (Å²) < 4.78 is 11.7. The highest BCUT2D eigenvalue weighted by molar-refractivity contribution is 6.32. The number of nitrogens with one attached hydrogen (secondary N) is 2. The molecule has 1 aromatic heterocycles. The zero-order valence-corrected chi connectivity index (χ0v) is 24.4. The number of amides is 1. The number of hydrogen-bond acceptors (Lipinski definition) is 7. The van der Waals surface area contributed by atoms with E-state index >= 15 is 0 Å². The van der Waals surface area contributed by atoms with Crippen molar-refractivity contribution in [2.24, 2.45) is 0 Å². The Morgan fingerprint density at radius 1 is 1.07 bits per heavy atom. The predicted octanol–water partition coefficient (Wildman–Crippen LogP) is 7.19. The number of carbonyl (C=O) groups is 1. The van der Waals surface area contributed by atoms with Gasteiger partial charge in [0.2, 0.25) is 5.91 Å². The van der Waals surface area contributed by atoms with Crippen molar-refractivity contribution in [1.29, 1.82) is 5.26 Å². The van der Waals surface area contributed by atoms with E-state index in [0.717, 1.165) is 5.56 Å². The summed E-state index contributed by atoms with van der Waals surface area (Å²) in [6.07, 6.45) is 4.73. The smallest absolute Gasteiger partial charge is 0.248 e. The summed E-state index contributed by atoms with van der Waals surface area (Å²) in [4.78, 5) is 19.0. The molecule has 210 valence electrons. The highest BCUT2D eigenvalue weighted by Crippen LogP contribution is 2.37. The van der Waals surface area contributed by atoms with Crippen molar-refractivity contribution in [1.82, 2.24) is 9.88 Å². The van der Waals surface area contributed by atoms with Crippen LogP contribution in [0.1, 0.15) is 18.1 Å². The zero-order chi connectivity index (χ0) is 29.4. The quantitative estimate of drug-likeness (QED) is 0.178. The van der Waals surface area contributed by atoms with Crippen LogP contribution in [0, 0.1) is 11.3 Å². The monoisotopic (exact) mass is 589 g/mol. The SMILES string of the molecule is CCOc1cc2ncc(C#N)c(Nc3ccc(OCc4ccccc4Cl)c(Cl)c3)c2cc1NC(=O)/C=C/CN(C)C. The van der Waals surface area contributed by atoms with Gasteiger partial charge in [-0.1, -0.05) is 47.5 Å². The molecule has 4 rings (SSSR count). The third kappa shape index (κ3) is 7.68. The minimum Gasteiger partial charge on any atom is -0.492 e. The highest BCUT2D eigenvalue weighted by atomic mass is 35.5. The maximum absolute atomic E-state index is 12.6. The molecule has 0 saturated carbocycles. The number of fused-ring (bicyclic) bond motifs is 1. The molecular weight excluding hydrogens is 561 g/mol. The van der Waals surface area contributed by atoms with E-state index in [1.807, 2.05) is 44.1 Å². The number of nitrogens with zero attached hydrogens (tertiary/aromatic N) is 3. The molecule has 0 aliphatic heterocycles. The number of rotatable bonds is 11. The number of pyridine rings is 1. The molecule has 0 radical (unpaired) electrons. The number of halogens is 2. The Morgan fingerprint density at radius 3 is 2.59 bits per heavy atom. The lowest BCUT2D eigenvalue weighted by molar-refractivity contribution is -0.111. The second-order valence-corrected chi connectivity index (χ2v) is 10.1. The van der Waals surface area contributed by atoms with Crippen LogP contribution in [0.25, 0.3) is 10.9 Å². The van der Waals surface area contributed by atoms with Crippen molar-refractivity contribution in [3.05, 3.63) is 94.1 Å². The molecule has 0 bridgehead atoms. The van der Waals surface area contributed by atoms with Gasteiger partial charge < -0.3 is 25.0 Å². The number of benzene rings is 3. The Morgan fingerprint density at radius 2 is 1.88 bits per heavy atom. The van der Waals surface area contributed by atoms with Crippen LogP contribution in [0.4, 0.5) is 17.1 Å². The first-order chi connectivity index (χ1) is 19.8. The van der Waals surface area contributed by atoms with Gasteiger partial charge in [0.1, 0.15) is 24.2 Å². The molecule has 1 amide bonds. The lowest BCUT2D eigenvalue weighted by Gasteiger charge is -2.16. The van der Waals surface area contributed by atoms with E-state index in [1.54, 1.807) is 42.5 Å². The van der Waals surface area contributed by atoms with E-state index < -0.39 is 0 Å². The normalized spacial score (nSPS) is 11.0. The third-order valence-corrected chi connectivity index (χ3v) is 6.59. The van der Waals surface area contributed by atoms with Gasteiger partial charge >= 0.3 is 0 Å². The van der Waals surface area contributed by atoms with Gasteiger partial charge in [-0.05, 0) is 51.4 Å². The Kier molecular flexibility index (Phi) is 10.0. The Hall–Kier alpha value is -4.29. The number of hydrogen-bond donors (Lipinski definition) is 2. The molecule has 0 unspecified atom stereocenters. The van der Waals surface area contributed by atoms with Crippen molar-refractivity contribution < 1.29 is 14.3 Å². The molecule has 0 aliphatic carbocycles. The van der Waals surface area contributed by atoms with Gasteiger partial charge in [-0.2, -0.15) is 5.26 Å². The predicted molar refractivity (Wildman–Crippen MR) is 164 cm³/mol. The minimum absolute atomic E-state index is 0.265. The molecule has 4 aromatic rings. The summed E-state index contributed by atoms with van der Waals surface area (Å²) in [6, 6.07) is 18.4. The van der Waals surface area contributed by atoms with E-state index in [-0.39, 0.29) is 12.5 Å². The second-order valence-electron chi connectivity index (χ2n) is 9.26. The third-order valence-electron chi connectivity index (χ3n) is 5.93. The maximum Gasteiger partial charge on any atom is 0.248 e. The standard InChI is InChI=1S/C31H29Cl2N5O3/c1-4-40-29-16-26-23(15-27(29)37-30(39)10-7-13-38(2)3)31(21(17-34)18-35-26)36-22-11-12-28(25(33)14-22)41-19-20-8-5-6-9-24(20)32/h5-12,14-16,18H,4,13,19H2,1-3H3,(H,35,36)(H,37,39)/b10-7+. The van der Waals surface area contributed by atoms with Crippen LogP contribution in [0.3, 0.4) is 0 Å². The number of aromatic nitrogens is 1. The van der Waals surface area contributed by atoms with Crippen molar-refractivity contribution in [3.63, 3.8) is 0 Å². The largest absolute Gasteiger partial charge is 0.492 e. The average Bonchev–Trinajstić information content (AvgIpc) is 2.94. The molecule has 8 nitrogen and oxygen atoms in total. The van der Waals surface area contributed by atoms with Gasteiger partial charge in [-0.3, -0.25) is 9.78 Å². The van der Waals surface area contributed by atoms with E-state index in [0.29, 0.717) is 68.2 Å². The molecule has 2 N–H and O–H groups in total. The van der Waals surface area contributed by atoms with E-state index in [1.165, 1.54) is 12.3 Å². The fourth-order valence-corrected chi connectivity index (χ4v) is 4.39. The Labute approximate surface area is 249 Å². The second kappa shape index (κ2) is 13.9. The molecule has 0 atom stereocenters. The highest BCUT2D eigenvalue weighted by Gasteiger charge is 2.16. The molecule has 1 heterocycles. The van der Waals surface area contributed by atoms with Crippen LogP contribution in [-0.4, -0.2) is 43.0 Å². The molecule has 0 spiro atoms. The van der Waals surface area contributed by atoms with Gasteiger partial charge in [0.15, 0.2) is 0 Å². The van der Waals surface area contributed by atoms with Crippen molar-refractivity contribution in [2.45, 2.75) is 13.5 Å². The fourth-order valence-electron chi connectivity index (χ4n) is 3.97. The van der Waals surface area contributed by atoms with Gasteiger partial charge in [-0.15, -0.1) is 0 Å². The van der Waals surface area contributed by atoms with Crippen LogP contribution in [-0.2, 0) is 11.4 Å². The van der Waals surface area contributed by atoms with E-state index in [2.05, 4.69) is 21.7 Å². The van der Waals surface area contributed by atoms with Crippen LogP contribution >= 0.6 is 23.2 Å². The van der Waals surface area contributed by atoms with Crippen LogP contribution in [0.5, 0.6) is 11.5 Å². The Bertz CT molecular complexity index is 1630. The minimum atomic E-state index is -0.301. The molecule has 10 heteroatoms. The van der Waals surface area contributed by atoms with E-state index in [9.17, 15) is 10.1 Å². The summed E-state index contributed by atoms with van der Waals surface area (Å²) in [7, 11) is 3.84.